The van der Waals surface area contributed by atoms with Crippen LogP contribution in [0.1, 0.15) is 45.2 Å². The van der Waals surface area contributed by atoms with Crippen LogP contribution in [0.2, 0.25) is 0 Å². The second kappa shape index (κ2) is 20.3. The number of benzene rings is 4. The molecule has 0 radical (unpaired) electrons. The summed E-state index contributed by atoms with van der Waals surface area (Å²) in [6, 6.07) is 29.1. The number of hydrogen-bond acceptors (Lipinski definition) is 9. The summed E-state index contributed by atoms with van der Waals surface area (Å²) in [5, 5.41) is 19.3. The lowest BCUT2D eigenvalue weighted by Gasteiger charge is -2.17. The van der Waals surface area contributed by atoms with Crippen LogP contribution in [0.15, 0.2) is 135 Å². The SMILES string of the molecule is C=CC(=O)Nc1cccc(C(=O)N2CC[C@@H](Cc3ncc4ccccc4n3)C2)c1.C=CC(=O)Nc1cccc(C(=O)O)c1.c1ccc2nc(C[C@@H]3CCNC3)ncc2c1. The van der Waals surface area contributed by atoms with Crippen molar-refractivity contribution in [3.63, 3.8) is 0 Å². The van der Waals surface area contributed by atoms with E-state index in [9.17, 15) is 19.2 Å². The summed E-state index contributed by atoms with van der Waals surface area (Å²) in [6.45, 7) is 10.4. The quantitative estimate of drug-likeness (QED) is 0.109. The number of carboxylic acid groups (broad SMARTS) is 1. The van der Waals surface area contributed by atoms with Crippen LogP contribution in [0.5, 0.6) is 0 Å². The Kier molecular flexibility index (Phi) is 14.3. The minimum atomic E-state index is -1.03. The fourth-order valence-corrected chi connectivity index (χ4v) is 6.84. The number of carbonyl (C=O) groups excluding carboxylic acids is 3. The average Bonchev–Trinajstić information content (AvgIpc) is 3.96. The summed E-state index contributed by atoms with van der Waals surface area (Å²) < 4.78 is 0. The van der Waals surface area contributed by atoms with Crippen molar-refractivity contribution >= 4 is 56.9 Å². The number of likely N-dealkylation sites (tertiary alicyclic amines) is 1. The molecule has 4 heterocycles. The van der Waals surface area contributed by atoms with Gasteiger partial charge in [-0.2, -0.15) is 0 Å². The molecule has 3 amide bonds. The predicted molar refractivity (Wildman–Crippen MR) is 229 cm³/mol. The van der Waals surface area contributed by atoms with E-state index in [0.29, 0.717) is 41.9 Å². The molecule has 0 spiro atoms. The molecule has 300 valence electrons. The number of para-hydroxylation sites is 2. The van der Waals surface area contributed by atoms with E-state index in [1.54, 1.807) is 36.4 Å². The molecule has 6 aromatic rings. The van der Waals surface area contributed by atoms with Crippen molar-refractivity contribution in [1.29, 1.82) is 0 Å². The van der Waals surface area contributed by atoms with Gasteiger partial charge >= 0.3 is 5.97 Å². The molecule has 4 aromatic carbocycles. The van der Waals surface area contributed by atoms with Gasteiger partial charge < -0.3 is 26.0 Å². The Morgan fingerprint density at radius 3 is 1.80 bits per heavy atom. The summed E-state index contributed by atoms with van der Waals surface area (Å²) in [5.41, 5.74) is 3.72. The van der Waals surface area contributed by atoms with E-state index in [0.717, 1.165) is 71.9 Å². The fraction of sp³-hybridized carbons (Fsp3) is 0.217. The van der Waals surface area contributed by atoms with Gasteiger partial charge in [-0.1, -0.05) is 61.7 Å². The number of aromatic carboxylic acids is 1. The summed E-state index contributed by atoms with van der Waals surface area (Å²) >= 11 is 0. The first kappa shape index (κ1) is 41.5. The van der Waals surface area contributed by atoms with Gasteiger partial charge in [0, 0.05) is 66.0 Å². The molecule has 2 saturated heterocycles. The molecular formula is C46H46N8O5. The van der Waals surface area contributed by atoms with Crippen LogP contribution >= 0.6 is 0 Å². The normalized spacial score (nSPS) is 15.6. The number of carboxylic acids is 1. The zero-order valence-electron chi connectivity index (χ0n) is 32.6. The van der Waals surface area contributed by atoms with Crippen LogP contribution in [0.4, 0.5) is 11.4 Å². The molecule has 2 atom stereocenters. The second-order valence-electron chi connectivity index (χ2n) is 14.2. The van der Waals surface area contributed by atoms with Crippen molar-refractivity contribution in [3.8, 4) is 0 Å². The Bertz CT molecular complexity index is 2470. The first-order valence-corrected chi connectivity index (χ1v) is 19.4. The molecule has 8 rings (SSSR count). The smallest absolute Gasteiger partial charge is 0.335 e. The molecule has 2 aliphatic heterocycles. The highest BCUT2D eigenvalue weighted by Crippen LogP contribution is 2.23. The van der Waals surface area contributed by atoms with E-state index in [1.807, 2.05) is 59.8 Å². The molecule has 2 aromatic heterocycles. The van der Waals surface area contributed by atoms with Crippen molar-refractivity contribution in [2.24, 2.45) is 11.8 Å². The standard InChI is InChI=1S/C23H22N4O2.C13H15N3.C10H9NO3/c1-2-22(28)25-19-8-5-7-17(13-19)23(29)27-11-10-16(15-27)12-21-24-14-18-6-3-4-9-20(18)26-21;1-2-4-12-11(3-1)9-15-13(16-12)7-10-5-6-14-8-10;1-2-9(12)11-8-5-3-4-7(6-8)10(13)14/h2-9,13-14,16H,1,10-12,15H2,(H,25,28);1-4,9-10,14H,5-8H2;2-6H,1H2,(H,11,12)(H,13,14)/t16-;10-;/m00./s1. The van der Waals surface area contributed by atoms with Gasteiger partial charge in [0.05, 0.1) is 16.6 Å². The Morgan fingerprint density at radius 1 is 0.712 bits per heavy atom. The van der Waals surface area contributed by atoms with Gasteiger partial charge in [-0.05, 0) is 98.4 Å². The van der Waals surface area contributed by atoms with Crippen LogP contribution in [-0.2, 0) is 22.4 Å². The number of amides is 3. The third-order valence-electron chi connectivity index (χ3n) is 9.88. The van der Waals surface area contributed by atoms with Crippen LogP contribution in [0, 0.1) is 11.8 Å². The van der Waals surface area contributed by atoms with Crippen molar-refractivity contribution in [3.05, 3.63) is 158 Å². The number of anilines is 2. The predicted octanol–water partition coefficient (Wildman–Crippen LogP) is 6.75. The Morgan fingerprint density at radius 2 is 1.25 bits per heavy atom. The van der Waals surface area contributed by atoms with E-state index in [-0.39, 0.29) is 23.3 Å². The molecule has 59 heavy (non-hydrogen) atoms. The summed E-state index contributed by atoms with van der Waals surface area (Å²) in [4.78, 5) is 65.9. The van der Waals surface area contributed by atoms with E-state index in [2.05, 4.69) is 55.1 Å². The van der Waals surface area contributed by atoms with Crippen molar-refractivity contribution in [2.45, 2.75) is 25.7 Å². The minimum Gasteiger partial charge on any atom is -0.478 e. The Labute approximate surface area is 342 Å². The summed E-state index contributed by atoms with van der Waals surface area (Å²) in [6.07, 6.45) is 10.0. The maximum Gasteiger partial charge on any atom is 0.335 e. The molecular weight excluding hydrogens is 745 g/mol. The maximum absolute atomic E-state index is 12.9. The molecule has 13 nitrogen and oxygen atoms in total. The summed E-state index contributed by atoms with van der Waals surface area (Å²) in [7, 11) is 0. The van der Waals surface area contributed by atoms with Gasteiger partial charge in [0.2, 0.25) is 11.8 Å². The molecule has 2 fully saturated rings. The molecule has 13 heteroatoms. The van der Waals surface area contributed by atoms with Gasteiger partial charge in [0.1, 0.15) is 11.6 Å². The number of nitrogens with zero attached hydrogens (tertiary/aromatic N) is 5. The largest absolute Gasteiger partial charge is 0.478 e. The molecule has 0 aliphatic carbocycles. The molecule has 0 unspecified atom stereocenters. The van der Waals surface area contributed by atoms with E-state index in [4.69, 9.17) is 5.11 Å². The number of rotatable bonds is 10. The zero-order valence-corrected chi connectivity index (χ0v) is 32.6. The average molecular weight is 791 g/mol. The lowest BCUT2D eigenvalue weighted by Crippen LogP contribution is -2.29. The molecule has 2 aliphatic rings. The highest BCUT2D eigenvalue weighted by atomic mass is 16.4. The van der Waals surface area contributed by atoms with Gasteiger partial charge in [-0.25, -0.2) is 24.7 Å². The van der Waals surface area contributed by atoms with Crippen LogP contribution in [0.3, 0.4) is 0 Å². The number of fused-ring (bicyclic) bond motifs is 2. The Hall–Kier alpha value is -7.12. The van der Waals surface area contributed by atoms with Gasteiger partial charge in [-0.15, -0.1) is 0 Å². The topological polar surface area (TPSA) is 179 Å². The van der Waals surface area contributed by atoms with E-state index < -0.39 is 5.97 Å². The van der Waals surface area contributed by atoms with E-state index >= 15 is 0 Å². The lowest BCUT2D eigenvalue weighted by atomic mass is 10.0. The van der Waals surface area contributed by atoms with Crippen LogP contribution < -0.4 is 16.0 Å². The van der Waals surface area contributed by atoms with Crippen molar-refractivity contribution in [2.75, 3.05) is 36.8 Å². The third-order valence-corrected chi connectivity index (χ3v) is 9.88. The van der Waals surface area contributed by atoms with Crippen LogP contribution in [-0.4, -0.2) is 79.8 Å². The summed E-state index contributed by atoms with van der Waals surface area (Å²) in [5.74, 6) is 1.12. The zero-order chi connectivity index (χ0) is 41.6. The Balaban J connectivity index is 0.000000164. The first-order valence-electron chi connectivity index (χ1n) is 19.4. The first-order chi connectivity index (χ1) is 28.7. The molecule has 4 N–H and O–H groups in total. The highest BCUT2D eigenvalue weighted by molar-refractivity contribution is 6.01. The van der Waals surface area contributed by atoms with Gasteiger partial charge in [0.25, 0.3) is 5.91 Å². The van der Waals surface area contributed by atoms with Crippen molar-refractivity contribution < 1.29 is 24.3 Å². The number of aromatic nitrogens is 4. The van der Waals surface area contributed by atoms with Crippen LogP contribution in [0.25, 0.3) is 21.8 Å². The number of hydrogen-bond donors (Lipinski definition) is 4. The maximum atomic E-state index is 12.9. The third kappa shape index (κ3) is 11.9. The number of carbonyl (C=O) groups is 4. The van der Waals surface area contributed by atoms with Crippen molar-refractivity contribution in [1.82, 2.24) is 30.2 Å². The van der Waals surface area contributed by atoms with Gasteiger partial charge in [-0.3, -0.25) is 14.4 Å². The fourth-order valence-electron chi connectivity index (χ4n) is 6.84. The molecule has 0 bridgehead atoms. The minimum absolute atomic E-state index is 0.0263. The lowest BCUT2D eigenvalue weighted by molar-refractivity contribution is -0.112. The van der Waals surface area contributed by atoms with Gasteiger partial charge in [0.15, 0.2) is 0 Å². The number of nitrogens with one attached hydrogen (secondary N) is 3. The van der Waals surface area contributed by atoms with E-state index in [1.165, 1.54) is 24.6 Å². The highest BCUT2D eigenvalue weighted by Gasteiger charge is 2.28. The molecule has 0 saturated carbocycles. The monoisotopic (exact) mass is 790 g/mol. The second-order valence-corrected chi connectivity index (χ2v) is 14.2.